The van der Waals surface area contributed by atoms with Crippen LogP contribution in [0.15, 0.2) is 12.1 Å². The largest absolute Gasteiger partial charge is 0.493 e. The van der Waals surface area contributed by atoms with Gasteiger partial charge in [0.25, 0.3) is 0 Å². The molecule has 0 N–H and O–H groups in total. The summed E-state index contributed by atoms with van der Waals surface area (Å²) in [5.41, 5.74) is 2.05. The van der Waals surface area contributed by atoms with Crippen molar-refractivity contribution in [1.29, 1.82) is 0 Å². The van der Waals surface area contributed by atoms with Crippen molar-refractivity contribution in [2.75, 3.05) is 65.5 Å². The van der Waals surface area contributed by atoms with E-state index in [0.717, 1.165) is 48.7 Å². The van der Waals surface area contributed by atoms with Crippen LogP contribution in [0.5, 0.6) is 11.5 Å². The van der Waals surface area contributed by atoms with Crippen LogP contribution in [0.2, 0.25) is 0 Å². The van der Waals surface area contributed by atoms with Crippen molar-refractivity contribution >= 4 is 14.5 Å². The molecule has 0 aliphatic heterocycles. The third kappa shape index (κ3) is 9.80. The Morgan fingerprint density at radius 1 is 0.808 bits per heavy atom. The minimum atomic E-state index is -0.732. The Balaban J connectivity index is 2.72. The van der Waals surface area contributed by atoms with E-state index in [2.05, 4.69) is 64.8 Å². The molecule has 0 fully saturated rings. The lowest BCUT2D eigenvalue weighted by atomic mass is 10.1. The van der Waals surface area contributed by atoms with E-state index in [9.17, 15) is 0 Å². The third-order valence-electron chi connectivity index (χ3n) is 4.00. The van der Waals surface area contributed by atoms with E-state index in [1.165, 1.54) is 12.3 Å². The second-order valence-corrected chi connectivity index (χ2v) is 19.0. The molecule has 0 amide bonds. The van der Waals surface area contributed by atoms with Crippen LogP contribution in [0.4, 0.5) is 0 Å². The Bertz CT molecular complexity index is 629. The maximum Gasteiger partial charge on any atom is 0.135 e. The van der Waals surface area contributed by atoms with Gasteiger partial charge in [-0.3, -0.25) is 0 Å². The van der Waals surface area contributed by atoms with Gasteiger partial charge in [-0.25, -0.2) is 0 Å². The van der Waals surface area contributed by atoms with E-state index in [4.69, 9.17) is 9.47 Å². The monoisotopic (exact) mass is 396 g/mol. The fourth-order valence-electron chi connectivity index (χ4n) is 2.61. The van der Waals surface area contributed by atoms with Crippen LogP contribution in [0.3, 0.4) is 0 Å². The van der Waals surface area contributed by atoms with Crippen LogP contribution >= 0.6 is 14.5 Å². The molecule has 0 aromatic heterocycles. The summed E-state index contributed by atoms with van der Waals surface area (Å²) in [6.07, 6.45) is 4.74. The highest BCUT2D eigenvalue weighted by atomic mass is 31.2. The van der Waals surface area contributed by atoms with Gasteiger partial charge in [0, 0.05) is 67.4 Å². The molecule has 4 heteroatoms. The highest BCUT2D eigenvalue weighted by molar-refractivity contribution is 7.74. The molecule has 1 aromatic rings. The van der Waals surface area contributed by atoms with Crippen molar-refractivity contribution in [1.82, 2.24) is 0 Å². The van der Waals surface area contributed by atoms with Gasteiger partial charge < -0.3 is 9.47 Å². The maximum atomic E-state index is 6.06. The van der Waals surface area contributed by atoms with E-state index < -0.39 is 14.5 Å². The normalized spacial score (nSPS) is 11.7. The SMILES string of the molecule is CC#Cc1cc(OCCC[P+](C)(C)C)c(C)cc1OCCC[P+](C)(C)C. The average molecular weight is 396 g/mol. The predicted molar refractivity (Wildman–Crippen MR) is 123 cm³/mol. The molecule has 0 saturated heterocycles. The highest BCUT2D eigenvalue weighted by Crippen LogP contribution is 2.47. The number of benzene rings is 1. The molecule has 0 aliphatic rings. The molecule has 0 aliphatic carbocycles. The Morgan fingerprint density at radius 3 is 1.77 bits per heavy atom. The summed E-state index contributed by atoms with van der Waals surface area (Å²) in [5, 5.41) is 0. The van der Waals surface area contributed by atoms with Crippen molar-refractivity contribution in [3.63, 3.8) is 0 Å². The van der Waals surface area contributed by atoms with Gasteiger partial charge >= 0.3 is 0 Å². The zero-order valence-corrected chi connectivity index (χ0v) is 19.9. The molecule has 0 unspecified atom stereocenters. The fourth-order valence-corrected chi connectivity index (χ4v) is 4.77. The minimum Gasteiger partial charge on any atom is -0.493 e. The second kappa shape index (κ2) is 10.5. The summed E-state index contributed by atoms with van der Waals surface area (Å²) >= 11 is 0. The van der Waals surface area contributed by atoms with Crippen molar-refractivity contribution < 1.29 is 9.47 Å². The zero-order valence-electron chi connectivity index (χ0n) is 18.1. The molecular formula is C22H38O2P2+2. The molecule has 0 heterocycles. The molecule has 1 rings (SSSR count). The molecule has 26 heavy (non-hydrogen) atoms. The van der Waals surface area contributed by atoms with Crippen LogP contribution in [-0.2, 0) is 0 Å². The molecular weight excluding hydrogens is 358 g/mol. The fraction of sp³-hybridized carbons (Fsp3) is 0.636. The van der Waals surface area contributed by atoms with Gasteiger partial charge in [-0.15, -0.1) is 5.92 Å². The lowest BCUT2D eigenvalue weighted by Crippen LogP contribution is -2.06. The smallest absolute Gasteiger partial charge is 0.135 e. The Kier molecular flexibility index (Phi) is 9.44. The van der Waals surface area contributed by atoms with Crippen molar-refractivity contribution in [3.05, 3.63) is 23.3 Å². The van der Waals surface area contributed by atoms with E-state index in [1.54, 1.807) is 0 Å². The first-order valence-corrected chi connectivity index (χ1v) is 16.1. The quantitative estimate of drug-likeness (QED) is 0.286. The minimum absolute atomic E-state index is 0.725. The Labute approximate surface area is 163 Å². The standard InChI is InChI=1S/C22H38O2P2/c1-9-12-20-18-21(23-13-10-15-25(3,4)5)19(2)17-22(20)24-14-11-16-26(6,7)8/h17-18H,10-11,13-16H2,1-8H3/q+2. The summed E-state index contributed by atoms with van der Waals surface area (Å²) in [5.74, 6) is 7.99. The van der Waals surface area contributed by atoms with Crippen LogP contribution in [0.25, 0.3) is 0 Å². The molecule has 0 radical (unpaired) electrons. The summed E-state index contributed by atoms with van der Waals surface area (Å²) in [7, 11) is -1.46. The zero-order chi connectivity index (χ0) is 19.8. The predicted octanol–water partition coefficient (Wildman–Crippen LogP) is 5.72. The highest BCUT2D eigenvalue weighted by Gasteiger charge is 2.17. The number of ether oxygens (including phenoxy) is 2. The van der Waals surface area contributed by atoms with Gasteiger partial charge in [0.2, 0.25) is 0 Å². The molecule has 0 atom stereocenters. The second-order valence-electron chi connectivity index (χ2n) is 8.92. The molecule has 0 spiro atoms. The van der Waals surface area contributed by atoms with Crippen LogP contribution in [0, 0.1) is 18.8 Å². The summed E-state index contributed by atoms with van der Waals surface area (Å²) in [6.45, 7) is 19.7. The molecule has 0 saturated carbocycles. The van der Waals surface area contributed by atoms with Crippen LogP contribution in [-0.4, -0.2) is 65.5 Å². The van der Waals surface area contributed by atoms with E-state index >= 15 is 0 Å². The summed E-state index contributed by atoms with van der Waals surface area (Å²) < 4.78 is 12.1. The van der Waals surface area contributed by atoms with Gasteiger partial charge in [-0.2, -0.15) is 0 Å². The first-order valence-electron chi connectivity index (χ1n) is 9.46. The van der Waals surface area contributed by atoms with Crippen molar-refractivity contribution in [3.8, 4) is 23.3 Å². The molecule has 0 bridgehead atoms. The van der Waals surface area contributed by atoms with Crippen molar-refractivity contribution in [2.45, 2.75) is 26.7 Å². The molecule has 146 valence electrons. The molecule has 2 nitrogen and oxygen atoms in total. The topological polar surface area (TPSA) is 18.5 Å². The van der Waals surface area contributed by atoms with Gasteiger partial charge in [0.05, 0.1) is 31.1 Å². The van der Waals surface area contributed by atoms with E-state index in [0.29, 0.717) is 0 Å². The van der Waals surface area contributed by atoms with E-state index in [-0.39, 0.29) is 0 Å². The van der Waals surface area contributed by atoms with Crippen molar-refractivity contribution in [2.24, 2.45) is 0 Å². The van der Waals surface area contributed by atoms with E-state index in [1.807, 2.05) is 13.0 Å². The average Bonchev–Trinajstić information content (AvgIpc) is 2.49. The lowest BCUT2D eigenvalue weighted by molar-refractivity contribution is 0.307. The Morgan fingerprint density at radius 2 is 1.31 bits per heavy atom. The first kappa shape index (κ1) is 23.3. The lowest BCUT2D eigenvalue weighted by Gasteiger charge is -2.16. The van der Waals surface area contributed by atoms with Gasteiger partial charge in [0.1, 0.15) is 11.5 Å². The first-order chi connectivity index (χ1) is 12.0. The number of aryl methyl sites for hydroxylation is 1. The van der Waals surface area contributed by atoms with Gasteiger partial charge in [-0.1, -0.05) is 5.92 Å². The summed E-state index contributed by atoms with van der Waals surface area (Å²) in [6, 6.07) is 4.13. The number of hydrogen-bond acceptors (Lipinski definition) is 2. The van der Waals surface area contributed by atoms with Gasteiger partial charge in [0.15, 0.2) is 0 Å². The summed E-state index contributed by atoms with van der Waals surface area (Å²) in [4.78, 5) is 0. The Hall–Kier alpha value is -0.760. The maximum absolute atomic E-state index is 6.06. The van der Waals surface area contributed by atoms with Gasteiger partial charge in [-0.05, 0) is 31.5 Å². The number of hydrogen-bond donors (Lipinski definition) is 0. The van der Waals surface area contributed by atoms with Crippen LogP contribution < -0.4 is 9.47 Å². The third-order valence-corrected chi connectivity index (χ3v) is 7.31. The molecule has 1 aromatic carbocycles. The number of rotatable bonds is 10. The van der Waals surface area contributed by atoms with Crippen LogP contribution in [0.1, 0.15) is 30.9 Å².